The Labute approximate surface area is 235 Å². The summed E-state index contributed by atoms with van der Waals surface area (Å²) >= 11 is 0. The van der Waals surface area contributed by atoms with E-state index in [2.05, 4.69) is 16.7 Å². The molecule has 0 spiro atoms. The fraction of sp³-hybridized carbons (Fsp3) is 0.516. The number of anilines is 1. The minimum absolute atomic E-state index is 0.213. The van der Waals surface area contributed by atoms with Gasteiger partial charge in [0.2, 0.25) is 0 Å². The molecule has 214 valence electrons. The fourth-order valence-electron chi connectivity index (χ4n) is 5.63. The lowest BCUT2D eigenvalue weighted by atomic mass is 10.1. The van der Waals surface area contributed by atoms with Crippen molar-refractivity contribution in [3.8, 4) is 0 Å². The highest BCUT2D eigenvalue weighted by molar-refractivity contribution is 6.21. The number of unbranched alkanes of at least 4 members (excludes halogenated alkanes) is 7. The Hall–Kier alpha value is -3.46. The van der Waals surface area contributed by atoms with Crippen LogP contribution in [0.25, 0.3) is 10.9 Å². The molecule has 5 rings (SSSR count). The van der Waals surface area contributed by atoms with Crippen molar-refractivity contribution in [3.05, 3.63) is 59.4 Å². The van der Waals surface area contributed by atoms with Crippen molar-refractivity contribution in [2.45, 2.75) is 58.3 Å². The smallest absolute Gasteiger partial charge is 0.261 e. The number of hydrogen-bond donors (Lipinski definition) is 0. The van der Waals surface area contributed by atoms with Crippen LogP contribution in [0.3, 0.4) is 0 Å². The molecule has 8 nitrogen and oxygen atoms in total. The number of carbonyl (C=O) groups excluding carboxylic acids is 2. The summed E-state index contributed by atoms with van der Waals surface area (Å²) in [7, 11) is 0. The second-order valence-electron chi connectivity index (χ2n) is 10.8. The zero-order valence-electron chi connectivity index (χ0n) is 23.5. The number of rotatable bonds is 14. The standard InChI is InChI=1S/C31H40FN5O3/c1-2-3-4-5-6-7-8-11-22-40-37-28-23-24(32)14-15-27(28)29(33-37)35-19-16-34(17-20-35)18-21-36-30(38)25-12-9-10-13-26(25)31(36)39/h9-10,12-15,23H,2-8,11,16-22H2,1H3. The van der Waals surface area contributed by atoms with Gasteiger partial charge in [-0.1, -0.05) is 62.4 Å². The average Bonchev–Trinajstić information content (AvgIpc) is 3.45. The molecule has 2 aromatic carbocycles. The first-order valence-electron chi connectivity index (χ1n) is 14.8. The van der Waals surface area contributed by atoms with E-state index in [-0.39, 0.29) is 17.6 Å². The van der Waals surface area contributed by atoms with E-state index in [9.17, 15) is 14.0 Å². The molecule has 1 fully saturated rings. The minimum Gasteiger partial charge on any atom is -0.396 e. The van der Waals surface area contributed by atoms with Gasteiger partial charge in [-0.3, -0.25) is 19.4 Å². The predicted molar refractivity (Wildman–Crippen MR) is 154 cm³/mol. The monoisotopic (exact) mass is 549 g/mol. The maximum Gasteiger partial charge on any atom is 0.261 e. The third kappa shape index (κ3) is 6.30. The molecule has 0 unspecified atom stereocenters. The SMILES string of the molecule is CCCCCCCCCCOn1nc(N2CCN(CCN3C(=O)c4ccccc4C3=O)CC2)c2ccc(F)cc21. The molecule has 1 aromatic heterocycles. The summed E-state index contributed by atoms with van der Waals surface area (Å²) in [4.78, 5) is 38.6. The fourth-order valence-corrected chi connectivity index (χ4v) is 5.63. The Bertz CT molecular complexity index is 1280. The van der Waals surface area contributed by atoms with Gasteiger partial charge in [-0.25, -0.2) is 4.39 Å². The molecular formula is C31H40FN5O3. The Morgan fingerprint density at radius 2 is 1.48 bits per heavy atom. The first-order valence-corrected chi connectivity index (χ1v) is 14.8. The van der Waals surface area contributed by atoms with Crippen molar-refractivity contribution < 1.29 is 18.8 Å². The summed E-state index contributed by atoms with van der Waals surface area (Å²) in [5, 5.41) is 5.61. The Morgan fingerprint density at radius 1 is 0.825 bits per heavy atom. The molecule has 0 radical (unpaired) electrons. The highest BCUT2D eigenvalue weighted by Crippen LogP contribution is 2.28. The number of nitrogens with zero attached hydrogens (tertiary/aromatic N) is 5. The van der Waals surface area contributed by atoms with Crippen molar-refractivity contribution >= 4 is 28.5 Å². The normalized spacial score (nSPS) is 15.8. The Kier molecular flexibility index (Phi) is 9.31. The molecule has 0 atom stereocenters. The summed E-state index contributed by atoms with van der Waals surface area (Å²) in [5.41, 5.74) is 1.62. The van der Waals surface area contributed by atoms with Gasteiger partial charge in [-0.2, -0.15) is 0 Å². The van der Waals surface area contributed by atoms with Crippen LogP contribution in [0, 0.1) is 5.82 Å². The first kappa shape index (κ1) is 28.1. The molecule has 0 bridgehead atoms. The van der Waals surface area contributed by atoms with E-state index in [1.165, 1.54) is 60.4 Å². The number of halogens is 1. The number of amides is 2. The van der Waals surface area contributed by atoms with Crippen LogP contribution >= 0.6 is 0 Å². The second kappa shape index (κ2) is 13.3. The number of piperazine rings is 1. The lowest BCUT2D eigenvalue weighted by Crippen LogP contribution is -2.49. The number of imide groups is 1. The van der Waals surface area contributed by atoms with Crippen LogP contribution in [-0.4, -0.2) is 77.4 Å². The Balaban J connectivity index is 1.12. The number of benzene rings is 2. The predicted octanol–water partition coefficient (Wildman–Crippen LogP) is 5.16. The number of carbonyl (C=O) groups is 2. The molecular weight excluding hydrogens is 509 g/mol. The van der Waals surface area contributed by atoms with Gasteiger partial charge in [-0.15, -0.1) is 5.10 Å². The zero-order valence-corrected chi connectivity index (χ0v) is 23.5. The summed E-state index contributed by atoms with van der Waals surface area (Å²) in [5.74, 6) is 0.0608. The third-order valence-corrected chi connectivity index (χ3v) is 7.99. The minimum atomic E-state index is -0.311. The topological polar surface area (TPSA) is 70.9 Å². The van der Waals surface area contributed by atoms with Gasteiger partial charge < -0.3 is 9.74 Å². The van der Waals surface area contributed by atoms with Gasteiger partial charge in [0.05, 0.1) is 11.1 Å². The van der Waals surface area contributed by atoms with Crippen LogP contribution in [0.5, 0.6) is 0 Å². The summed E-state index contributed by atoms with van der Waals surface area (Å²) in [6.07, 6.45) is 9.76. The van der Waals surface area contributed by atoms with Crippen LogP contribution in [0.1, 0.15) is 79.0 Å². The number of fused-ring (bicyclic) bond motifs is 2. The van der Waals surface area contributed by atoms with Crippen LogP contribution < -0.4 is 9.74 Å². The van der Waals surface area contributed by atoms with Gasteiger partial charge in [-0.05, 0) is 37.1 Å². The second-order valence-corrected chi connectivity index (χ2v) is 10.8. The van der Waals surface area contributed by atoms with Crippen molar-refractivity contribution in [1.29, 1.82) is 0 Å². The van der Waals surface area contributed by atoms with E-state index < -0.39 is 0 Å². The van der Waals surface area contributed by atoms with Crippen LogP contribution in [0.4, 0.5) is 10.2 Å². The molecule has 0 saturated carbocycles. The molecule has 2 aliphatic heterocycles. The molecule has 0 aliphatic carbocycles. The van der Waals surface area contributed by atoms with Gasteiger partial charge in [0.1, 0.15) is 17.9 Å². The first-order chi connectivity index (χ1) is 19.6. The lowest BCUT2D eigenvalue weighted by molar-refractivity contribution is 0.0635. The highest BCUT2D eigenvalue weighted by Gasteiger charge is 2.35. The van der Waals surface area contributed by atoms with Crippen LogP contribution in [-0.2, 0) is 0 Å². The van der Waals surface area contributed by atoms with E-state index in [0.717, 1.165) is 50.2 Å². The molecule has 9 heteroatoms. The quantitative estimate of drug-likeness (QED) is 0.204. The number of hydrogen-bond acceptors (Lipinski definition) is 6. The van der Waals surface area contributed by atoms with E-state index in [4.69, 9.17) is 9.94 Å². The molecule has 2 aliphatic rings. The molecule has 0 N–H and O–H groups in total. The molecule has 1 saturated heterocycles. The maximum atomic E-state index is 14.1. The van der Waals surface area contributed by atoms with Gasteiger partial charge >= 0.3 is 0 Å². The van der Waals surface area contributed by atoms with Crippen LogP contribution in [0.15, 0.2) is 42.5 Å². The van der Waals surface area contributed by atoms with Gasteiger partial charge in [0, 0.05) is 50.7 Å². The number of aromatic nitrogens is 2. The zero-order chi connectivity index (χ0) is 27.9. The van der Waals surface area contributed by atoms with Crippen molar-refractivity contribution in [1.82, 2.24) is 19.7 Å². The van der Waals surface area contributed by atoms with E-state index in [1.54, 1.807) is 30.3 Å². The maximum absolute atomic E-state index is 14.1. The molecule has 3 aromatic rings. The molecule has 40 heavy (non-hydrogen) atoms. The molecule has 3 heterocycles. The lowest BCUT2D eigenvalue weighted by Gasteiger charge is -2.35. The average molecular weight is 550 g/mol. The van der Waals surface area contributed by atoms with Crippen molar-refractivity contribution in [2.24, 2.45) is 0 Å². The van der Waals surface area contributed by atoms with E-state index >= 15 is 0 Å². The largest absolute Gasteiger partial charge is 0.396 e. The van der Waals surface area contributed by atoms with Gasteiger partial charge in [0.25, 0.3) is 11.8 Å². The summed E-state index contributed by atoms with van der Waals surface area (Å²) in [6, 6.07) is 11.7. The van der Waals surface area contributed by atoms with Crippen LogP contribution in [0.2, 0.25) is 0 Å². The summed E-state index contributed by atoms with van der Waals surface area (Å²) in [6.45, 7) is 6.81. The van der Waals surface area contributed by atoms with Crippen molar-refractivity contribution in [2.75, 3.05) is 50.8 Å². The highest BCUT2D eigenvalue weighted by atomic mass is 19.1. The Morgan fingerprint density at radius 3 is 2.15 bits per heavy atom. The van der Waals surface area contributed by atoms with E-state index in [1.807, 2.05) is 0 Å². The molecule has 2 amide bonds. The van der Waals surface area contributed by atoms with E-state index in [0.29, 0.717) is 36.3 Å². The third-order valence-electron chi connectivity index (χ3n) is 7.99. The van der Waals surface area contributed by atoms with Gasteiger partial charge in [0.15, 0.2) is 5.82 Å². The summed E-state index contributed by atoms with van der Waals surface area (Å²) < 4.78 is 14.1. The van der Waals surface area contributed by atoms with Crippen molar-refractivity contribution in [3.63, 3.8) is 0 Å².